The lowest BCUT2D eigenvalue weighted by molar-refractivity contribution is -0.189. The normalized spacial score (nSPS) is 27.7. The van der Waals surface area contributed by atoms with Gasteiger partial charge in [0.05, 0.1) is 19.8 Å². The largest absolute Gasteiger partial charge is 0.504 e. The van der Waals surface area contributed by atoms with Crippen LogP contribution < -0.4 is 4.74 Å². The molecule has 4 atom stereocenters. The molecule has 1 saturated heterocycles. The van der Waals surface area contributed by atoms with Crippen molar-refractivity contribution in [2.75, 3.05) is 13.7 Å². The van der Waals surface area contributed by atoms with Gasteiger partial charge in [0.15, 0.2) is 11.5 Å². The van der Waals surface area contributed by atoms with Crippen molar-refractivity contribution in [3.05, 3.63) is 23.8 Å². The van der Waals surface area contributed by atoms with Crippen molar-refractivity contribution in [1.29, 1.82) is 0 Å². The summed E-state index contributed by atoms with van der Waals surface area (Å²) in [6.45, 7) is -0.106. The molecule has 2 rings (SSSR count). The van der Waals surface area contributed by atoms with Gasteiger partial charge in [-0.2, -0.15) is 0 Å². The third-order valence-electron chi connectivity index (χ3n) is 3.97. The first-order valence-electron chi connectivity index (χ1n) is 7.45. The Labute approximate surface area is 134 Å². The summed E-state index contributed by atoms with van der Waals surface area (Å²) in [5.74, 6) is 0.261. The number of aryl methyl sites for hydroxylation is 1. The van der Waals surface area contributed by atoms with Crippen LogP contribution in [0.15, 0.2) is 18.2 Å². The van der Waals surface area contributed by atoms with Crippen molar-refractivity contribution in [2.24, 2.45) is 0 Å². The number of hydrogen-bond donors (Lipinski definition) is 4. The molecule has 1 aliphatic heterocycles. The highest BCUT2D eigenvalue weighted by molar-refractivity contribution is 5.79. The van der Waals surface area contributed by atoms with Crippen LogP contribution in [0.2, 0.25) is 0 Å². The van der Waals surface area contributed by atoms with E-state index in [1.807, 2.05) is 0 Å². The highest BCUT2D eigenvalue weighted by Crippen LogP contribution is 2.27. The first-order chi connectivity index (χ1) is 10.9. The number of aliphatic hydroxyl groups excluding tert-OH is 3. The zero-order chi connectivity index (χ0) is 17.0. The smallest absolute Gasteiger partial charge is 0.160 e. The number of carbonyl (C=O) groups is 1. The van der Waals surface area contributed by atoms with Gasteiger partial charge in [-0.1, -0.05) is 6.07 Å². The van der Waals surface area contributed by atoms with Crippen LogP contribution in [0.1, 0.15) is 18.4 Å². The third-order valence-corrected chi connectivity index (χ3v) is 3.97. The maximum absolute atomic E-state index is 12.0. The number of Topliss-reactive ketones (excluding diaryl/α,β-unsaturated/α-hetero) is 1. The molecule has 0 radical (unpaired) electrons. The molecule has 7 nitrogen and oxygen atoms in total. The Balaban J connectivity index is 1.86. The van der Waals surface area contributed by atoms with Crippen LogP contribution in [0.4, 0.5) is 0 Å². The molecule has 0 bridgehead atoms. The number of phenolic OH excluding ortho intramolecular Hbond substituents is 1. The molecule has 0 aromatic heterocycles. The summed E-state index contributed by atoms with van der Waals surface area (Å²) in [6.07, 6.45) is -3.86. The van der Waals surface area contributed by atoms with E-state index in [2.05, 4.69) is 0 Å². The zero-order valence-corrected chi connectivity index (χ0v) is 12.9. The molecule has 1 fully saturated rings. The average Bonchev–Trinajstić information content (AvgIpc) is 2.54. The van der Waals surface area contributed by atoms with Gasteiger partial charge in [0.2, 0.25) is 0 Å². The summed E-state index contributed by atoms with van der Waals surface area (Å²) in [7, 11) is 1.45. The summed E-state index contributed by atoms with van der Waals surface area (Å²) in [6, 6.07) is 4.87. The quantitative estimate of drug-likeness (QED) is 0.571. The minimum atomic E-state index is -1.30. The standard InChI is InChI=1S/C16H22O7/c1-22-13-6-9(3-5-11(13)18)2-4-10(17)7-14-16(21)15(20)12(19)8-23-14/h3,5-6,12,14-16,18-21H,2,4,7-8H2,1H3/t12-,14?,15+,16-/m1/s1. The Morgan fingerprint density at radius 3 is 2.74 bits per heavy atom. The third kappa shape index (κ3) is 4.42. The molecule has 1 aromatic rings. The summed E-state index contributed by atoms with van der Waals surface area (Å²) in [4.78, 5) is 12.0. The van der Waals surface area contributed by atoms with E-state index in [1.165, 1.54) is 13.2 Å². The first-order valence-corrected chi connectivity index (χ1v) is 7.45. The molecule has 23 heavy (non-hydrogen) atoms. The van der Waals surface area contributed by atoms with Crippen molar-refractivity contribution in [3.63, 3.8) is 0 Å². The minimum absolute atomic E-state index is 0.0276. The van der Waals surface area contributed by atoms with Crippen molar-refractivity contribution in [1.82, 2.24) is 0 Å². The van der Waals surface area contributed by atoms with Crippen molar-refractivity contribution < 1.29 is 34.7 Å². The van der Waals surface area contributed by atoms with Gasteiger partial charge in [0.25, 0.3) is 0 Å². The van der Waals surface area contributed by atoms with Crippen LogP contribution in [0.5, 0.6) is 11.5 Å². The number of aromatic hydroxyl groups is 1. The molecule has 128 valence electrons. The second kappa shape index (κ2) is 7.74. The summed E-state index contributed by atoms with van der Waals surface area (Å²) in [5, 5.41) is 38.3. The minimum Gasteiger partial charge on any atom is -0.504 e. The second-order valence-electron chi connectivity index (χ2n) is 5.67. The number of carbonyl (C=O) groups excluding carboxylic acids is 1. The average molecular weight is 326 g/mol. The molecule has 0 saturated carbocycles. The Hall–Kier alpha value is -1.67. The van der Waals surface area contributed by atoms with Gasteiger partial charge in [0.1, 0.15) is 24.1 Å². The van der Waals surface area contributed by atoms with Crippen LogP contribution in [-0.2, 0) is 16.0 Å². The Morgan fingerprint density at radius 1 is 1.30 bits per heavy atom. The van der Waals surface area contributed by atoms with Gasteiger partial charge in [-0.05, 0) is 24.1 Å². The number of phenols is 1. The van der Waals surface area contributed by atoms with E-state index in [0.717, 1.165) is 5.56 Å². The number of hydrogen-bond acceptors (Lipinski definition) is 7. The molecule has 1 aliphatic rings. The van der Waals surface area contributed by atoms with Crippen molar-refractivity contribution in [2.45, 2.75) is 43.7 Å². The van der Waals surface area contributed by atoms with Crippen LogP contribution in [0.25, 0.3) is 0 Å². The van der Waals surface area contributed by atoms with Gasteiger partial charge >= 0.3 is 0 Å². The Bertz CT molecular complexity index is 545. The van der Waals surface area contributed by atoms with Gasteiger partial charge in [0, 0.05) is 12.8 Å². The Morgan fingerprint density at radius 2 is 2.04 bits per heavy atom. The zero-order valence-electron chi connectivity index (χ0n) is 12.9. The molecule has 0 amide bonds. The molecule has 1 aromatic carbocycles. The number of aliphatic hydroxyl groups is 3. The monoisotopic (exact) mass is 326 g/mol. The van der Waals surface area contributed by atoms with Gasteiger partial charge in [-0.3, -0.25) is 4.79 Å². The molecule has 7 heteroatoms. The van der Waals surface area contributed by atoms with Crippen LogP contribution in [0, 0.1) is 0 Å². The maximum atomic E-state index is 12.0. The fourth-order valence-electron chi connectivity index (χ4n) is 2.53. The molecule has 0 aliphatic carbocycles. The number of rotatable bonds is 6. The van der Waals surface area contributed by atoms with Gasteiger partial charge < -0.3 is 29.9 Å². The molecule has 1 heterocycles. The lowest BCUT2D eigenvalue weighted by atomic mass is 9.95. The van der Waals surface area contributed by atoms with Crippen LogP contribution >= 0.6 is 0 Å². The maximum Gasteiger partial charge on any atom is 0.160 e. The van der Waals surface area contributed by atoms with E-state index < -0.39 is 24.4 Å². The SMILES string of the molecule is COc1cc(CCC(=O)CC2OC[C@@H](O)[C@H](O)[C@@H]2O)ccc1O. The number of ketones is 1. The van der Waals surface area contributed by atoms with Crippen LogP contribution in [0.3, 0.4) is 0 Å². The highest BCUT2D eigenvalue weighted by Gasteiger charge is 2.38. The van der Waals surface area contributed by atoms with E-state index >= 15 is 0 Å². The fraction of sp³-hybridized carbons (Fsp3) is 0.562. The summed E-state index contributed by atoms with van der Waals surface area (Å²) >= 11 is 0. The van der Waals surface area contributed by atoms with Crippen LogP contribution in [-0.4, -0.2) is 64.3 Å². The number of ether oxygens (including phenoxy) is 2. The molecular formula is C16H22O7. The van der Waals surface area contributed by atoms with E-state index in [9.17, 15) is 25.2 Å². The predicted octanol–water partition coefficient (Wildman–Crippen LogP) is -0.226. The fourth-order valence-corrected chi connectivity index (χ4v) is 2.53. The number of benzene rings is 1. The molecule has 4 N–H and O–H groups in total. The van der Waals surface area contributed by atoms with Gasteiger partial charge in [-0.15, -0.1) is 0 Å². The van der Waals surface area contributed by atoms with Gasteiger partial charge in [-0.25, -0.2) is 0 Å². The Kier molecular flexibility index (Phi) is 5.95. The molecule has 0 spiro atoms. The lowest BCUT2D eigenvalue weighted by Crippen LogP contribution is -2.53. The van der Waals surface area contributed by atoms with E-state index in [0.29, 0.717) is 12.2 Å². The predicted molar refractivity (Wildman–Crippen MR) is 80.4 cm³/mol. The lowest BCUT2D eigenvalue weighted by Gasteiger charge is -2.34. The van der Waals surface area contributed by atoms with E-state index in [-0.39, 0.29) is 31.0 Å². The number of methoxy groups -OCH3 is 1. The summed E-state index contributed by atoms with van der Waals surface area (Å²) in [5.41, 5.74) is 0.841. The van der Waals surface area contributed by atoms with Crippen molar-refractivity contribution in [3.8, 4) is 11.5 Å². The second-order valence-corrected chi connectivity index (χ2v) is 5.67. The van der Waals surface area contributed by atoms with E-state index in [4.69, 9.17) is 9.47 Å². The van der Waals surface area contributed by atoms with E-state index in [1.54, 1.807) is 12.1 Å². The highest BCUT2D eigenvalue weighted by atomic mass is 16.5. The molecule has 1 unspecified atom stereocenters. The van der Waals surface area contributed by atoms with Crippen molar-refractivity contribution >= 4 is 5.78 Å². The first kappa shape index (κ1) is 17.7. The molecular weight excluding hydrogens is 304 g/mol. The summed E-state index contributed by atoms with van der Waals surface area (Å²) < 4.78 is 10.2. The topological polar surface area (TPSA) is 116 Å².